The van der Waals surface area contributed by atoms with Crippen LogP contribution in [-0.4, -0.2) is 89.5 Å². The van der Waals surface area contributed by atoms with Gasteiger partial charge in [-0.3, -0.25) is 4.90 Å². The van der Waals surface area contributed by atoms with E-state index in [1.54, 1.807) is 11.4 Å². The number of nitrogens with zero attached hydrogens (tertiary/aromatic N) is 3. The van der Waals surface area contributed by atoms with Crippen LogP contribution in [0.4, 0.5) is 0 Å². The van der Waals surface area contributed by atoms with Gasteiger partial charge in [0.2, 0.25) is 10.0 Å². The first-order chi connectivity index (χ1) is 15.1. The highest BCUT2D eigenvalue weighted by molar-refractivity contribution is 7.89. The van der Waals surface area contributed by atoms with Crippen LogP contribution in [0.3, 0.4) is 0 Å². The summed E-state index contributed by atoms with van der Waals surface area (Å²) in [4.78, 5) is 2.52. The van der Waals surface area contributed by atoms with Gasteiger partial charge in [0, 0.05) is 52.4 Å². The zero-order valence-electron chi connectivity index (χ0n) is 19.0. The van der Waals surface area contributed by atoms with E-state index in [9.17, 15) is 16.8 Å². The van der Waals surface area contributed by atoms with Crippen LogP contribution in [0, 0.1) is 5.92 Å². The quantitative estimate of drug-likeness (QED) is 0.546. The summed E-state index contributed by atoms with van der Waals surface area (Å²) >= 11 is 0. The molecule has 3 heterocycles. The molecule has 11 heteroatoms. The molecule has 2 fully saturated rings. The van der Waals surface area contributed by atoms with Crippen molar-refractivity contribution in [3.63, 3.8) is 0 Å². The van der Waals surface area contributed by atoms with Crippen molar-refractivity contribution in [3.05, 3.63) is 29.3 Å². The number of sulfonamides is 1. The predicted molar refractivity (Wildman–Crippen MR) is 123 cm³/mol. The van der Waals surface area contributed by atoms with Crippen LogP contribution in [0.25, 0.3) is 0 Å². The largest absolute Gasteiger partial charge is 0.497 e. The van der Waals surface area contributed by atoms with Crippen LogP contribution in [0.2, 0.25) is 0 Å². The summed E-state index contributed by atoms with van der Waals surface area (Å²) in [6.07, 6.45) is 2.93. The van der Waals surface area contributed by atoms with Gasteiger partial charge < -0.3 is 4.74 Å². The fraction of sp³-hybridized carbons (Fsp3) is 0.714. The Morgan fingerprint density at radius 1 is 1.19 bits per heavy atom. The lowest BCUT2D eigenvalue weighted by Gasteiger charge is -2.46. The van der Waals surface area contributed by atoms with Crippen molar-refractivity contribution < 1.29 is 21.6 Å². The number of benzene rings is 1. The Hall–Kier alpha value is -1.24. The van der Waals surface area contributed by atoms with E-state index in [0.717, 1.165) is 42.4 Å². The summed E-state index contributed by atoms with van der Waals surface area (Å²) in [7, 11) is -2.43. The van der Waals surface area contributed by atoms with Crippen LogP contribution in [0.15, 0.2) is 18.2 Å². The van der Waals surface area contributed by atoms with Crippen molar-refractivity contribution in [2.24, 2.45) is 5.92 Å². The second-order valence-electron chi connectivity index (χ2n) is 9.14. The van der Waals surface area contributed by atoms with E-state index in [1.807, 2.05) is 6.07 Å². The molecule has 0 saturated carbocycles. The van der Waals surface area contributed by atoms with Gasteiger partial charge in [0.25, 0.3) is 10.2 Å². The Labute approximate surface area is 191 Å². The summed E-state index contributed by atoms with van der Waals surface area (Å²) in [5.41, 5.74) is 2.59. The van der Waals surface area contributed by atoms with Gasteiger partial charge >= 0.3 is 0 Å². The first-order valence-corrected chi connectivity index (χ1v) is 14.2. The summed E-state index contributed by atoms with van der Waals surface area (Å²) in [6.45, 7) is 2.58. The number of rotatable bonds is 8. The first kappa shape index (κ1) is 23.9. The lowest BCUT2D eigenvalue weighted by molar-refractivity contribution is 0.0736. The van der Waals surface area contributed by atoms with E-state index in [-0.39, 0.29) is 30.8 Å². The van der Waals surface area contributed by atoms with Crippen molar-refractivity contribution >= 4 is 20.2 Å². The highest BCUT2D eigenvalue weighted by Crippen LogP contribution is 2.44. The minimum absolute atomic E-state index is 0.00719. The maximum Gasteiger partial charge on any atom is 0.278 e. The molecule has 0 spiro atoms. The Bertz CT molecular complexity index is 1040. The Morgan fingerprint density at radius 2 is 1.97 bits per heavy atom. The third-order valence-electron chi connectivity index (χ3n) is 7.09. The standard InChI is InChI=1S/C21H34N4O5S2/c1-23(2)32(28,29)22-9-4-12-31(26,27)25-11-8-17-15-24-10-7-16-13-18(30-3)5-6-19(16)21(24)14-20(17)25/h5-6,13,17,20-22H,4,7-12,14-15H2,1-3H3. The highest BCUT2D eigenvalue weighted by Gasteiger charge is 2.47. The summed E-state index contributed by atoms with van der Waals surface area (Å²) < 4.78 is 60.5. The Balaban J connectivity index is 1.43. The fourth-order valence-electron chi connectivity index (χ4n) is 5.35. The zero-order valence-corrected chi connectivity index (χ0v) is 20.7. The van der Waals surface area contributed by atoms with Gasteiger partial charge in [-0.2, -0.15) is 17.0 Å². The fourth-order valence-corrected chi connectivity index (χ4v) is 7.81. The smallest absolute Gasteiger partial charge is 0.278 e. The Kier molecular flexibility index (Phi) is 6.86. The van der Waals surface area contributed by atoms with Gasteiger partial charge in [0.1, 0.15) is 5.75 Å². The molecule has 180 valence electrons. The summed E-state index contributed by atoms with van der Waals surface area (Å²) in [5.74, 6) is 1.17. The van der Waals surface area contributed by atoms with E-state index in [0.29, 0.717) is 12.5 Å². The van der Waals surface area contributed by atoms with Crippen molar-refractivity contribution in [2.75, 3.05) is 53.1 Å². The molecule has 4 rings (SSSR count). The van der Waals surface area contributed by atoms with Gasteiger partial charge in [-0.05, 0) is 54.9 Å². The summed E-state index contributed by atoms with van der Waals surface area (Å²) in [5, 5.41) is 0. The van der Waals surface area contributed by atoms with E-state index in [2.05, 4.69) is 21.8 Å². The molecular formula is C21H34N4O5S2. The van der Waals surface area contributed by atoms with Gasteiger partial charge in [-0.15, -0.1) is 0 Å². The normalized spacial score (nSPS) is 26.6. The monoisotopic (exact) mass is 486 g/mol. The molecule has 0 amide bonds. The van der Waals surface area contributed by atoms with E-state index >= 15 is 0 Å². The molecule has 0 bridgehead atoms. The minimum Gasteiger partial charge on any atom is -0.497 e. The van der Waals surface area contributed by atoms with Gasteiger partial charge in [0.05, 0.1) is 12.9 Å². The molecule has 0 aromatic heterocycles. The van der Waals surface area contributed by atoms with Crippen LogP contribution >= 0.6 is 0 Å². The molecule has 3 unspecified atom stereocenters. The van der Waals surface area contributed by atoms with Crippen molar-refractivity contribution in [2.45, 2.75) is 37.8 Å². The minimum atomic E-state index is -3.54. The van der Waals surface area contributed by atoms with Crippen molar-refractivity contribution in [1.82, 2.24) is 18.2 Å². The molecule has 0 radical (unpaired) electrons. The topological polar surface area (TPSA) is 99.3 Å². The molecule has 1 N–H and O–H groups in total. The average molecular weight is 487 g/mol. The number of ether oxygens (including phenoxy) is 1. The van der Waals surface area contributed by atoms with E-state index < -0.39 is 20.2 Å². The van der Waals surface area contributed by atoms with Crippen LogP contribution < -0.4 is 9.46 Å². The molecule has 3 aliphatic heterocycles. The number of methoxy groups -OCH3 is 1. The third-order valence-corrected chi connectivity index (χ3v) is 10.6. The van der Waals surface area contributed by atoms with Crippen LogP contribution in [0.5, 0.6) is 5.75 Å². The molecule has 32 heavy (non-hydrogen) atoms. The lowest BCUT2D eigenvalue weighted by atomic mass is 9.81. The first-order valence-electron chi connectivity index (χ1n) is 11.2. The zero-order chi connectivity index (χ0) is 23.1. The summed E-state index contributed by atoms with van der Waals surface area (Å²) in [6, 6.07) is 6.47. The average Bonchev–Trinajstić information content (AvgIpc) is 3.18. The van der Waals surface area contributed by atoms with Crippen LogP contribution in [-0.2, 0) is 26.7 Å². The van der Waals surface area contributed by atoms with Gasteiger partial charge in [-0.1, -0.05) is 6.07 Å². The van der Waals surface area contributed by atoms with Gasteiger partial charge in [-0.25, -0.2) is 13.1 Å². The second-order valence-corrected chi connectivity index (χ2v) is 13.1. The molecule has 3 aliphatic rings. The molecule has 1 aromatic rings. The SMILES string of the molecule is COc1ccc2c(c1)CCN1CC3CCN(S(=O)(=O)CCCNS(=O)(=O)N(C)C)C3CC21. The number of hydrogen-bond donors (Lipinski definition) is 1. The number of nitrogens with one attached hydrogen (secondary N) is 1. The third kappa shape index (κ3) is 4.69. The Morgan fingerprint density at radius 3 is 2.69 bits per heavy atom. The molecule has 2 saturated heterocycles. The maximum absolute atomic E-state index is 13.1. The van der Waals surface area contributed by atoms with Crippen molar-refractivity contribution in [3.8, 4) is 5.75 Å². The number of piperidine rings is 1. The van der Waals surface area contributed by atoms with E-state index in [4.69, 9.17) is 4.74 Å². The molecule has 3 atom stereocenters. The van der Waals surface area contributed by atoms with Crippen LogP contribution in [0.1, 0.15) is 36.4 Å². The molecule has 1 aromatic carbocycles. The van der Waals surface area contributed by atoms with Crippen molar-refractivity contribution in [1.29, 1.82) is 0 Å². The predicted octanol–water partition coefficient (Wildman–Crippen LogP) is 0.805. The number of fused-ring (bicyclic) bond motifs is 4. The lowest BCUT2D eigenvalue weighted by Crippen LogP contribution is -2.51. The van der Waals surface area contributed by atoms with Gasteiger partial charge in [0.15, 0.2) is 0 Å². The maximum atomic E-state index is 13.1. The molecule has 9 nitrogen and oxygen atoms in total. The second kappa shape index (κ2) is 9.19. The molecular weight excluding hydrogens is 452 g/mol. The molecule has 0 aliphatic carbocycles. The highest BCUT2D eigenvalue weighted by atomic mass is 32.2. The number of hydrogen-bond acceptors (Lipinski definition) is 6. The van der Waals surface area contributed by atoms with E-state index in [1.165, 1.54) is 25.2 Å².